The standard InChI is InChI=1S/C15H22N2O5/c1-15(2,3)22-14(20)17-11(8-13(18)19)9-21-12-6-4-10(16)5-7-12/h4-7,11H,8-9,16H2,1-3H3,(H,17,20)(H,18,19)/t11-/m1/s1. The van der Waals surface area contributed by atoms with Gasteiger partial charge in [0.2, 0.25) is 0 Å². The van der Waals surface area contributed by atoms with E-state index in [-0.39, 0.29) is 13.0 Å². The molecule has 4 N–H and O–H groups in total. The Hall–Kier alpha value is -2.44. The predicted molar refractivity (Wildman–Crippen MR) is 81.8 cm³/mol. The molecule has 0 unspecified atom stereocenters. The fraction of sp³-hybridized carbons (Fsp3) is 0.467. The second-order valence-corrected chi connectivity index (χ2v) is 5.82. The number of nitrogens with two attached hydrogens (primary N) is 1. The molecule has 0 heterocycles. The van der Waals surface area contributed by atoms with E-state index in [9.17, 15) is 9.59 Å². The molecule has 0 radical (unpaired) electrons. The van der Waals surface area contributed by atoms with Crippen molar-refractivity contribution in [3.05, 3.63) is 24.3 Å². The summed E-state index contributed by atoms with van der Waals surface area (Å²) in [7, 11) is 0. The maximum Gasteiger partial charge on any atom is 0.408 e. The van der Waals surface area contributed by atoms with Crippen LogP contribution in [0.25, 0.3) is 0 Å². The van der Waals surface area contributed by atoms with Crippen LogP contribution in [0.5, 0.6) is 5.75 Å². The molecule has 1 rings (SSSR count). The Morgan fingerprint density at radius 2 is 1.86 bits per heavy atom. The second kappa shape index (κ2) is 7.53. The molecular weight excluding hydrogens is 288 g/mol. The number of ether oxygens (including phenoxy) is 2. The van der Waals surface area contributed by atoms with Crippen LogP contribution < -0.4 is 15.8 Å². The van der Waals surface area contributed by atoms with E-state index in [1.165, 1.54) is 0 Å². The van der Waals surface area contributed by atoms with Crippen LogP contribution in [0, 0.1) is 0 Å². The topological polar surface area (TPSA) is 111 Å². The second-order valence-electron chi connectivity index (χ2n) is 5.82. The number of carbonyl (C=O) groups excluding carboxylic acids is 1. The number of hydrogen-bond acceptors (Lipinski definition) is 5. The summed E-state index contributed by atoms with van der Waals surface area (Å²) in [5.74, 6) is -0.502. The summed E-state index contributed by atoms with van der Waals surface area (Å²) >= 11 is 0. The quantitative estimate of drug-likeness (QED) is 0.693. The van der Waals surface area contributed by atoms with Crippen LogP contribution in [-0.4, -0.2) is 35.4 Å². The molecule has 0 saturated heterocycles. The van der Waals surface area contributed by atoms with Gasteiger partial charge in [-0.05, 0) is 45.0 Å². The number of carboxylic acid groups (broad SMARTS) is 1. The zero-order valence-corrected chi connectivity index (χ0v) is 13.0. The lowest BCUT2D eigenvalue weighted by Crippen LogP contribution is -2.43. The van der Waals surface area contributed by atoms with Crippen LogP contribution >= 0.6 is 0 Å². The monoisotopic (exact) mass is 310 g/mol. The van der Waals surface area contributed by atoms with E-state index >= 15 is 0 Å². The third kappa shape index (κ3) is 7.37. The highest BCUT2D eigenvalue weighted by molar-refractivity contribution is 5.71. The molecule has 0 aliphatic heterocycles. The third-order valence-electron chi connectivity index (χ3n) is 2.47. The average Bonchev–Trinajstić information content (AvgIpc) is 2.34. The zero-order chi connectivity index (χ0) is 16.8. The molecule has 0 aliphatic carbocycles. The minimum atomic E-state index is -1.04. The van der Waals surface area contributed by atoms with E-state index in [4.69, 9.17) is 20.3 Å². The maximum absolute atomic E-state index is 11.7. The lowest BCUT2D eigenvalue weighted by molar-refractivity contribution is -0.137. The number of anilines is 1. The molecular formula is C15H22N2O5. The summed E-state index contributed by atoms with van der Waals surface area (Å²) in [6.07, 6.45) is -0.951. The van der Waals surface area contributed by atoms with E-state index in [0.29, 0.717) is 11.4 Å². The predicted octanol–water partition coefficient (Wildman–Crippen LogP) is 2.02. The number of benzene rings is 1. The van der Waals surface area contributed by atoms with Gasteiger partial charge in [0.05, 0.1) is 12.5 Å². The van der Waals surface area contributed by atoms with Gasteiger partial charge < -0.3 is 25.6 Å². The van der Waals surface area contributed by atoms with Crippen molar-refractivity contribution < 1.29 is 24.2 Å². The van der Waals surface area contributed by atoms with Crippen LogP contribution in [-0.2, 0) is 9.53 Å². The largest absolute Gasteiger partial charge is 0.491 e. The van der Waals surface area contributed by atoms with Crippen molar-refractivity contribution in [3.8, 4) is 5.75 Å². The van der Waals surface area contributed by atoms with Gasteiger partial charge in [0.25, 0.3) is 0 Å². The molecule has 7 heteroatoms. The number of aliphatic carboxylic acids is 1. The SMILES string of the molecule is CC(C)(C)OC(=O)N[C@@H](COc1ccc(N)cc1)CC(=O)O. The summed E-state index contributed by atoms with van der Waals surface area (Å²) in [4.78, 5) is 22.6. The molecule has 0 saturated carbocycles. The summed E-state index contributed by atoms with van der Waals surface area (Å²) in [5, 5.41) is 11.4. The van der Waals surface area contributed by atoms with Gasteiger partial charge in [-0.2, -0.15) is 0 Å². The van der Waals surface area contributed by atoms with Crippen molar-refractivity contribution >= 4 is 17.7 Å². The Labute approximate surface area is 129 Å². The highest BCUT2D eigenvalue weighted by atomic mass is 16.6. The number of hydrogen-bond donors (Lipinski definition) is 3. The summed E-state index contributed by atoms with van der Waals surface area (Å²) in [5.41, 5.74) is 5.51. The van der Waals surface area contributed by atoms with Gasteiger partial charge in [-0.3, -0.25) is 4.79 Å². The minimum Gasteiger partial charge on any atom is -0.491 e. The lowest BCUT2D eigenvalue weighted by Gasteiger charge is -2.23. The summed E-state index contributed by atoms with van der Waals surface area (Å²) in [6, 6.07) is 5.97. The maximum atomic E-state index is 11.7. The van der Waals surface area contributed by atoms with Crippen molar-refractivity contribution in [1.29, 1.82) is 0 Å². The van der Waals surface area contributed by atoms with Gasteiger partial charge in [0.1, 0.15) is 18.0 Å². The van der Waals surface area contributed by atoms with Crippen molar-refractivity contribution in [3.63, 3.8) is 0 Å². The Kier molecular flexibility index (Phi) is 6.03. The molecule has 0 aliphatic rings. The van der Waals surface area contributed by atoms with Crippen LogP contribution in [0.1, 0.15) is 27.2 Å². The van der Waals surface area contributed by atoms with Gasteiger partial charge in [-0.15, -0.1) is 0 Å². The Balaban J connectivity index is 2.58. The Morgan fingerprint density at radius 1 is 1.27 bits per heavy atom. The number of nitrogens with one attached hydrogen (secondary N) is 1. The highest BCUT2D eigenvalue weighted by Gasteiger charge is 2.21. The first-order valence-electron chi connectivity index (χ1n) is 6.85. The number of nitrogen functional groups attached to an aromatic ring is 1. The van der Waals surface area contributed by atoms with Crippen LogP contribution in [0.15, 0.2) is 24.3 Å². The molecule has 1 aromatic rings. The van der Waals surface area contributed by atoms with Crippen molar-refractivity contribution in [2.45, 2.75) is 38.8 Å². The smallest absolute Gasteiger partial charge is 0.408 e. The van der Waals surface area contributed by atoms with E-state index in [1.807, 2.05) is 0 Å². The molecule has 22 heavy (non-hydrogen) atoms. The number of amides is 1. The summed E-state index contributed by atoms with van der Waals surface area (Å²) < 4.78 is 10.6. The van der Waals surface area contributed by atoms with Crippen molar-refractivity contribution in [1.82, 2.24) is 5.32 Å². The lowest BCUT2D eigenvalue weighted by atomic mass is 10.2. The fourth-order valence-electron chi connectivity index (χ4n) is 1.60. The van der Waals surface area contributed by atoms with Gasteiger partial charge in [-0.1, -0.05) is 0 Å². The molecule has 1 aromatic carbocycles. The van der Waals surface area contributed by atoms with Gasteiger partial charge in [0.15, 0.2) is 0 Å². The van der Waals surface area contributed by atoms with E-state index < -0.39 is 23.7 Å². The molecule has 0 spiro atoms. The van der Waals surface area contributed by atoms with Gasteiger partial charge in [0, 0.05) is 5.69 Å². The van der Waals surface area contributed by atoms with E-state index in [2.05, 4.69) is 5.32 Å². The van der Waals surface area contributed by atoms with E-state index in [1.54, 1.807) is 45.0 Å². The third-order valence-corrected chi connectivity index (χ3v) is 2.47. The summed E-state index contributed by atoms with van der Waals surface area (Å²) in [6.45, 7) is 5.19. The molecule has 0 bridgehead atoms. The highest BCUT2D eigenvalue weighted by Crippen LogP contribution is 2.14. The first-order chi connectivity index (χ1) is 10.2. The Bertz CT molecular complexity index is 508. The molecule has 7 nitrogen and oxygen atoms in total. The number of alkyl carbamates (subject to hydrolysis) is 1. The molecule has 122 valence electrons. The normalized spacial score (nSPS) is 12.3. The van der Waals surface area contributed by atoms with E-state index in [0.717, 1.165) is 0 Å². The van der Waals surface area contributed by atoms with Gasteiger partial charge in [-0.25, -0.2) is 4.79 Å². The molecule has 0 aromatic heterocycles. The fourth-order valence-corrected chi connectivity index (χ4v) is 1.60. The number of carbonyl (C=O) groups is 2. The number of carboxylic acids is 1. The number of rotatable bonds is 6. The van der Waals surface area contributed by atoms with Crippen LogP contribution in [0.2, 0.25) is 0 Å². The molecule has 0 fully saturated rings. The molecule has 1 amide bonds. The first kappa shape index (κ1) is 17.6. The Morgan fingerprint density at radius 3 is 2.36 bits per heavy atom. The minimum absolute atomic E-state index is 0.00939. The van der Waals surface area contributed by atoms with Crippen molar-refractivity contribution in [2.24, 2.45) is 0 Å². The van der Waals surface area contributed by atoms with Crippen molar-refractivity contribution in [2.75, 3.05) is 12.3 Å². The van der Waals surface area contributed by atoms with Crippen LogP contribution in [0.4, 0.5) is 10.5 Å². The zero-order valence-electron chi connectivity index (χ0n) is 13.0. The molecule has 1 atom stereocenters. The first-order valence-corrected chi connectivity index (χ1v) is 6.85. The van der Waals surface area contributed by atoms with Crippen LogP contribution in [0.3, 0.4) is 0 Å². The van der Waals surface area contributed by atoms with Gasteiger partial charge >= 0.3 is 12.1 Å². The average molecular weight is 310 g/mol.